The molecule has 0 aliphatic heterocycles. The summed E-state index contributed by atoms with van der Waals surface area (Å²) in [4.78, 5) is 0.107. The van der Waals surface area contributed by atoms with E-state index in [1.807, 2.05) is 6.92 Å². The van der Waals surface area contributed by atoms with E-state index in [1.54, 1.807) is 0 Å². The van der Waals surface area contributed by atoms with E-state index in [1.165, 1.54) is 0 Å². The highest BCUT2D eigenvalue weighted by molar-refractivity contribution is 9.11. The van der Waals surface area contributed by atoms with Crippen LogP contribution in [0, 0.1) is 0 Å². The Labute approximate surface area is 84.9 Å². The van der Waals surface area contributed by atoms with Crippen molar-refractivity contribution in [2.45, 2.75) is 24.6 Å². The molecule has 5 heteroatoms. The molecule has 0 saturated carbocycles. The molecule has 0 fully saturated rings. The first-order chi connectivity index (χ1) is 5.02. The van der Waals surface area contributed by atoms with E-state index < -0.39 is 9.84 Å². The Bertz CT molecular complexity index is 189. The van der Waals surface area contributed by atoms with Crippen LogP contribution < -0.4 is 0 Å². The van der Waals surface area contributed by atoms with Crippen molar-refractivity contribution in [3.63, 3.8) is 0 Å². The number of sulfone groups is 1. The zero-order chi connectivity index (χ0) is 8.91. The van der Waals surface area contributed by atoms with Crippen LogP contribution in [0.2, 0.25) is 0 Å². The van der Waals surface area contributed by atoms with Gasteiger partial charge in [-0.3, -0.25) is 0 Å². The van der Waals surface area contributed by atoms with Crippen molar-refractivity contribution in [1.82, 2.24) is 0 Å². The zero-order valence-corrected chi connectivity index (χ0v) is 10.4. The molecule has 1 atom stereocenters. The first kappa shape index (κ1) is 11.9. The van der Waals surface area contributed by atoms with Crippen LogP contribution in [0.25, 0.3) is 0 Å². The summed E-state index contributed by atoms with van der Waals surface area (Å²) in [6, 6.07) is 0. The van der Waals surface area contributed by atoms with Crippen molar-refractivity contribution < 1.29 is 8.42 Å². The van der Waals surface area contributed by atoms with Crippen LogP contribution in [0.3, 0.4) is 0 Å². The maximum atomic E-state index is 11.0. The molecule has 0 rings (SSSR count). The van der Waals surface area contributed by atoms with E-state index in [2.05, 4.69) is 31.9 Å². The Hall–Kier alpha value is 0.910. The fourth-order valence-corrected chi connectivity index (χ4v) is 3.75. The third-order valence-corrected chi connectivity index (χ3v) is 5.75. The predicted molar refractivity (Wildman–Crippen MR) is 55.2 cm³/mol. The third kappa shape index (κ3) is 6.11. The molecular weight excluding hydrogens is 296 g/mol. The summed E-state index contributed by atoms with van der Waals surface area (Å²) >= 11 is 6.26. The second kappa shape index (κ2) is 5.54. The van der Waals surface area contributed by atoms with Crippen LogP contribution in [0.1, 0.15) is 19.8 Å². The summed E-state index contributed by atoms with van der Waals surface area (Å²) in [6.45, 7) is 2.04. The topological polar surface area (TPSA) is 34.1 Å². The van der Waals surface area contributed by atoms with Gasteiger partial charge in [-0.05, 0) is 6.42 Å². The van der Waals surface area contributed by atoms with Gasteiger partial charge in [-0.25, -0.2) is 8.42 Å². The molecule has 0 aromatic rings. The number of hydrogen-bond donors (Lipinski definition) is 0. The standard InChI is InChI=1S/C6H12Br2O2S/c1-2-3-6(8)4-11(9,10)5-7/h6H,2-5H2,1H3. The van der Waals surface area contributed by atoms with Gasteiger partial charge < -0.3 is 0 Å². The van der Waals surface area contributed by atoms with Crippen molar-refractivity contribution in [2.75, 3.05) is 10.4 Å². The second-order valence-corrected chi connectivity index (χ2v) is 7.11. The highest BCUT2D eigenvalue weighted by Crippen LogP contribution is 2.11. The van der Waals surface area contributed by atoms with Gasteiger partial charge in [0, 0.05) is 4.83 Å². The Balaban J connectivity index is 3.84. The highest BCUT2D eigenvalue weighted by atomic mass is 79.9. The molecule has 0 radical (unpaired) electrons. The maximum absolute atomic E-state index is 11.0. The molecule has 0 amide bonds. The van der Waals surface area contributed by atoms with Gasteiger partial charge in [0.15, 0.2) is 9.84 Å². The lowest BCUT2D eigenvalue weighted by Gasteiger charge is -2.06. The monoisotopic (exact) mass is 306 g/mol. The summed E-state index contributed by atoms with van der Waals surface area (Å²) < 4.78 is 22.1. The molecule has 0 aromatic carbocycles. The van der Waals surface area contributed by atoms with E-state index in [0.29, 0.717) is 0 Å². The van der Waals surface area contributed by atoms with Crippen LogP contribution in [0.5, 0.6) is 0 Å². The SMILES string of the molecule is CCCC(Br)CS(=O)(=O)CBr. The van der Waals surface area contributed by atoms with Gasteiger partial charge in [-0.1, -0.05) is 45.2 Å². The third-order valence-electron chi connectivity index (χ3n) is 1.20. The smallest absolute Gasteiger partial charge is 0.161 e. The largest absolute Gasteiger partial charge is 0.228 e. The molecule has 0 aliphatic carbocycles. The average Bonchev–Trinajstić information content (AvgIpc) is 1.87. The fourth-order valence-electron chi connectivity index (χ4n) is 0.717. The Morgan fingerprint density at radius 1 is 1.45 bits per heavy atom. The normalized spacial score (nSPS) is 14.8. The maximum Gasteiger partial charge on any atom is 0.161 e. The van der Waals surface area contributed by atoms with Gasteiger partial charge in [0.2, 0.25) is 0 Å². The molecule has 68 valence electrons. The number of halogens is 2. The summed E-state index contributed by atoms with van der Waals surface area (Å²) in [5.41, 5.74) is 0. The molecule has 0 heterocycles. The van der Waals surface area contributed by atoms with Gasteiger partial charge in [-0.15, -0.1) is 0 Å². The average molecular weight is 308 g/mol. The minimum absolute atomic E-state index is 0.0613. The molecule has 2 nitrogen and oxygen atoms in total. The predicted octanol–water partition coefficient (Wildman–Crippen LogP) is 2.32. The molecule has 0 aromatic heterocycles. The van der Waals surface area contributed by atoms with Crippen LogP contribution in [0.15, 0.2) is 0 Å². The van der Waals surface area contributed by atoms with Crippen LogP contribution in [-0.4, -0.2) is 23.7 Å². The molecule has 0 aliphatic rings. The van der Waals surface area contributed by atoms with Crippen molar-refractivity contribution in [3.8, 4) is 0 Å². The molecule has 0 bridgehead atoms. The number of alkyl halides is 2. The van der Waals surface area contributed by atoms with Gasteiger partial charge in [-0.2, -0.15) is 0 Å². The van der Waals surface area contributed by atoms with E-state index in [4.69, 9.17) is 0 Å². The summed E-state index contributed by atoms with van der Waals surface area (Å²) in [6.07, 6.45) is 1.92. The summed E-state index contributed by atoms with van der Waals surface area (Å²) in [5.74, 6) is 0.228. The van der Waals surface area contributed by atoms with Gasteiger partial charge in [0.25, 0.3) is 0 Å². The Morgan fingerprint density at radius 3 is 2.36 bits per heavy atom. The van der Waals surface area contributed by atoms with E-state index in [9.17, 15) is 8.42 Å². The quantitative estimate of drug-likeness (QED) is 0.731. The fraction of sp³-hybridized carbons (Fsp3) is 1.00. The van der Waals surface area contributed by atoms with Gasteiger partial charge in [0.1, 0.15) is 4.66 Å². The summed E-state index contributed by atoms with van der Waals surface area (Å²) in [5, 5.41) is 0. The van der Waals surface area contributed by atoms with Gasteiger partial charge >= 0.3 is 0 Å². The minimum Gasteiger partial charge on any atom is -0.228 e. The number of rotatable bonds is 5. The van der Waals surface area contributed by atoms with E-state index in [0.717, 1.165) is 12.8 Å². The van der Waals surface area contributed by atoms with E-state index in [-0.39, 0.29) is 15.2 Å². The van der Waals surface area contributed by atoms with Crippen molar-refractivity contribution >= 4 is 41.7 Å². The molecule has 0 saturated heterocycles. The Morgan fingerprint density at radius 2 is 2.00 bits per heavy atom. The van der Waals surface area contributed by atoms with Gasteiger partial charge in [0.05, 0.1) is 5.75 Å². The zero-order valence-electron chi connectivity index (χ0n) is 6.39. The van der Waals surface area contributed by atoms with Crippen LogP contribution in [-0.2, 0) is 9.84 Å². The molecule has 11 heavy (non-hydrogen) atoms. The Kier molecular flexibility index (Phi) is 6.00. The lowest BCUT2D eigenvalue weighted by Crippen LogP contribution is -2.16. The van der Waals surface area contributed by atoms with Crippen molar-refractivity contribution in [3.05, 3.63) is 0 Å². The molecule has 0 spiro atoms. The minimum atomic E-state index is -2.87. The molecular formula is C6H12Br2O2S. The lowest BCUT2D eigenvalue weighted by atomic mass is 10.3. The summed E-state index contributed by atoms with van der Waals surface area (Å²) in [7, 11) is -2.87. The molecule has 0 N–H and O–H groups in total. The first-order valence-electron chi connectivity index (χ1n) is 3.42. The second-order valence-electron chi connectivity index (χ2n) is 2.41. The van der Waals surface area contributed by atoms with Crippen molar-refractivity contribution in [1.29, 1.82) is 0 Å². The first-order valence-corrected chi connectivity index (χ1v) is 7.28. The lowest BCUT2D eigenvalue weighted by molar-refractivity contribution is 0.597. The van der Waals surface area contributed by atoms with E-state index >= 15 is 0 Å². The van der Waals surface area contributed by atoms with Crippen molar-refractivity contribution in [2.24, 2.45) is 0 Å². The number of hydrogen-bond acceptors (Lipinski definition) is 2. The van der Waals surface area contributed by atoms with Crippen LogP contribution >= 0.6 is 31.9 Å². The highest BCUT2D eigenvalue weighted by Gasteiger charge is 2.14. The van der Waals surface area contributed by atoms with Crippen LogP contribution in [0.4, 0.5) is 0 Å². The molecule has 1 unspecified atom stereocenters.